The van der Waals surface area contributed by atoms with Gasteiger partial charge in [-0.05, 0) is 0 Å². The molecule has 1 aliphatic rings. The molecule has 3 heterocycles. The molecular weight excluding hydrogens is 282 g/mol. The topological polar surface area (TPSA) is 178 Å². The number of nitrogens with two attached hydrogens (primary N) is 2. The van der Waals surface area contributed by atoms with E-state index in [1.165, 1.54) is 10.9 Å². The maximum absolute atomic E-state index is 10.0. The fourth-order valence-electron chi connectivity index (χ4n) is 2.33. The van der Waals surface area contributed by atoms with E-state index in [4.69, 9.17) is 21.4 Å². The number of aliphatic hydroxyl groups excluding tert-OH is 3. The SMILES string of the molecule is NNc1nc(N)nc2c1ncn2[C@@H]1O[C@H](CO)C(O)C1O. The summed E-state index contributed by atoms with van der Waals surface area (Å²) in [4.78, 5) is 12.0. The lowest BCUT2D eigenvalue weighted by Gasteiger charge is -2.16. The van der Waals surface area contributed by atoms with Crippen LogP contribution in [0.3, 0.4) is 0 Å². The van der Waals surface area contributed by atoms with Crippen LogP contribution in [0.5, 0.6) is 0 Å². The number of imidazole rings is 1. The molecule has 1 saturated heterocycles. The van der Waals surface area contributed by atoms with Crippen molar-refractivity contribution in [3.8, 4) is 0 Å². The summed E-state index contributed by atoms with van der Waals surface area (Å²) < 4.78 is 6.82. The number of hydrogen-bond donors (Lipinski definition) is 6. The number of hydrogen-bond acceptors (Lipinski definition) is 10. The zero-order chi connectivity index (χ0) is 15.1. The van der Waals surface area contributed by atoms with Crippen LogP contribution in [0.25, 0.3) is 11.2 Å². The molecule has 8 N–H and O–H groups in total. The summed E-state index contributed by atoms with van der Waals surface area (Å²) >= 11 is 0. The van der Waals surface area contributed by atoms with E-state index >= 15 is 0 Å². The van der Waals surface area contributed by atoms with Gasteiger partial charge in [0.25, 0.3) is 0 Å². The minimum absolute atomic E-state index is 0.0380. The van der Waals surface area contributed by atoms with Gasteiger partial charge >= 0.3 is 0 Å². The first kappa shape index (κ1) is 13.9. The quantitative estimate of drug-likeness (QED) is 0.258. The van der Waals surface area contributed by atoms with E-state index in [0.29, 0.717) is 5.52 Å². The van der Waals surface area contributed by atoms with Crippen molar-refractivity contribution in [3.63, 3.8) is 0 Å². The van der Waals surface area contributed by atoms with Crippen LogP contribution >= 0.6 is 0 Å². The minimum Gasteiger partial charge on any atom is -0.394 e. The third-order valence-corrected chi connectivity index (χ3v) is 3.37. The molecule has 1 fully saturated rings. The Bertz CT molecular complexity index is 662. The summed E-state index contributed by atoms with van der Waals surface area (Å²) in [7, 11) is 0. The second-order valence-electron chi connectivity index (χ2n) is 4.63. The maximum atomic E-state index is 10.0. The molecule has 11 heteroatoms. The summed E-state index contributed by atoms with van der Waals surface area (Å²) in [5.41, 5.74) is 8.57. The molecule has 2 aromatic heterocycles. The number of rotatable bonds is 3. The molecule has 2 aromatic rings. The number of fused-ring (bicyclic) bond motifs is 1. The summed E-state index contributed by atoms with van der Waals surface area (Å²) in [6, 6.07) is 0. The average molecular weight is 297 g/mol. The van der Waals surface area contributed by atoms with Gasteiger partial charge in [0.05, 0.1) is 12.9 Å². The van der Waals surface area contributed by atoms with Gasteiger partial charge < -0.3 is 31.2 Å². The Hall–Kier alpha value is -2.05. The van der Waals surface area contributed by atoms with Crippen molar-refractivity contribution in [1.82, 2.24) is 19.5 Å². The van der Waals surface area contributed by atoms with Gasteiger partial charge in [0.1, 0.15) is 18.3 Å². The van der Waals surface area contributed by atoms with Crippen LogP contribution in [0.4, 0.5) is 11.8 Å². The van der Waals surface area contributed by atoms with Crippen LogP contribution in [-0.4, -0.2) is 59.8 Å². The predicted molar refractivity (Wildman–Crippen MR) is 70.6 cm³/mol. The van der Waals surface area contributed by atoms with E-state index in [0.717, 1.165) is 0 Å². The van der Waals surface area contributed by atoms with E-state index < -0.39 is 31.1 Å². The predicted octanol–water partition coefficient (Wildman–Crippen LogP) is -2.69. The molecule has 0 aliphatic carbocycles. The Balaban J connectivity index is 2.07. The van der Waals surface area contributed by atoms with Crippen molar-refractivity contribution in [2.24, 2.45) is 5.84 Å². The lowest BCUT2D eigenvalue weighted by atomic mass is 10.1. The Kier molecular flexibility index (Phi) is 3.35. The van der Waals surface area contributed by atoms with Crippen LogP contribution in [0.15, 0.2) is 6.33 Å². The van der Waals surface area contributed by atoms with Crippen molar-refractivity contribution in [2.75, 3.05) is 17.8 Å². The van der Waals surface area contributed by atoms with Crippen molar-refractivity contribution in [2.45, 2.75) is 24.5 Å². The van der Waals surface area contributed by atoms with Crippen molar-refractivity contribution in [1.29, 1.82) is 0 Å². The number of anilines is 2. The van der Waals surface area contributed by atoms with Crippen molar-refractivity contribution >= 4 is 22.9 Å². The first-order valence-corrected chi connectivity index (χ1v) is 6.16. The highest BCUT2D eigenvalue weighted by molar-refractivity contribution is 5.83. The third-order valence-electron chi connectivity index (χ3n) is 3.37. The highest BCUT2D eigenvalue weighted by Crippen LogP contribution is 2.32. The first-order chi connectivity index (χ1) is 10.1. The molecule has 21 heavy (non-hydrogen) atoms. The molecule has 0 aromatic carbocycles. The van der Waals surface area contributed by atoms with Crippen LogP contribution in [-0.2, 0) is 4.74 Å². The first-order valence-electron chi connectivity index (χ1n) is 6.16. The lowest BCUT2D eigenvalue weighted by molar-refractivity contribution is -0.0511. The van der Waals surface area contributed by atoms with Gasteiger partial charge in [0.2, 0.25) is 5.95 Å². The number of aromatic nitrogens is 4. The van der Waals surface area contributed by atoms with Gasteiger partial charge in [-0.15, -0.1) is 0 Å². The zero-order valence-corrected chi connectivity index (χ0v) is 10.8. The van der Waals surface area contributed by atoms with Crippen LogP contribution in [0, 0.1) is 0 Å². The fourth-order valence-corrected chi connectivity index (χ4v) is 2.33. The molecule has 114 valence electrons. The van der Waals surface area contributed by atoms with Gasteiger partial charge in [-0.3, -0.25) is 4.57 Å². The van der Waals surface area contributed by atoms with Crippen LogP contribution in [0.1, 0.15) is 6.23 Å². The van der Waals surface area contributed by atoms with E-state index in [1.54, 1.807) is 0 Å². The molecular formula is C10H15N7O4. The normalized spacial score (nSPS) is 29.1. The number of aliphatic hydroxyl groups is 3. The van der Waals surface area contributed by atoms with Crippen LogP contribution in [0.2, 0.25) is 0 Å². The van der Waals surface area contributed by atoms with Crippen molar-refractivity contribution < 1.29 is 20.1 Å². The van der Waals surface area contributed by atoms with E-state index in [-0.39, 0.29) is 17.4 Å². The second kappa shape index (κ2) is 5.05. The third kappa shape index (κ3) is 2.07. The standard InChI is InChI=1S/C10H15N7O4/c11-10-14-7(16-12)4-8(15-10)17(2-13-4)9-6(20)5(19)3(1-18)21-9/h2-3,5-6,9,18-20H,1,12H2,(H3,11,14,15,16)/t3-,5?,6?,9-/m1/s1. The molecule has 0 bridgehead atoms. The average Bonchev–Trinajstić information content (AvgIpc) is 3.01. The molecule has 0 saturated carbocycles. The molecule has 11 nitrogen and oxygen atoms in total. The Morgan fingerprint density at radius 2 is 2.10 bits per heavy atom. The summed E-state index contributed by atoms with van der Waals surface area (Å²) in [6.07, 6.45) is -2.95. The highest BCUT2D eigenvalue weighted by Gasteiger charge is 2.44. The smallest absolute Gasteiger partial charge is 0.224 e. The number of nitrogens with zero attached hydrogens (tertiary/aromatic N) is 4. The monoisotopic (exact) mass is 297 g/mol. The van der Waals surface area contributed by atoms with E-state index in [1.807, 2.05) is 0 Å². The van der Waals surface area contributed by atoms with Gasteiger partial charge in [0.15, 0.2) is 23.2 Å². The number of hydrazine groups is 1. The van der Waals surface area contributed by atoms with Crippen LogP contribution < -0.4 is 17.0 Å². The van der Waals surface area contributed by atoms with E-state index in [9.17, 15) is 10.2 Å². The summed E-state index contributed by atoms with van der Waals surface area (Å²) in [5, 5.41) is 28.9. The molecule has 2 unspecified atom stereocenters. The second-order valence-corrected chi connectivity index (χ2v) is 4.63. The lowest BCUT2D eigenvalue weighted by Crippen LogP contribution is -2.33. The molecule has 0 spiro atoms. The molecule has 3 rings (SSSR count). The van der Waals surface area contributed by atoms with E-state index in [2.05, 4.69) is 20.4 Å². The van der Waals surface area contributed by atoms with Gasteiger partial charge in [-0.1, -0.05) is 0 Å². The minimum atomic E-state index is -1.25. The summed E-state index contributed by atoms with van der Waals surface area (Å²) in [5.74, 6) is 5.53. The number of ether oxygens (including phenoxy) is 1. The highest BCUT2D eigenvalue weighted by atomic mass is 16.6. The maximum Gasteiger partial charge on any atom is 0.224 e. The fraction of sp³-hybridized carbons (Fsp3) is 0.500. The Labute approximate surface area is 118 Å². The molecule has 0 radical (unpaired) electrons. The molecule has 0 amide bonds. The summed E-state index contributed by atoms with van der Waals surface area (Å²) in [6.45, 7) is -0.423. The zero-order valence-electron chi connectivity index (χ0n) is 10.8. The number of nitrogens with one attached hydrogen (secondary N) is 1. The van der Waals surface area contributed by atoms with Crippen molar-refractivity contribution in [3.05, 3.63) is 6.33 Å². The van der Waals surface area contributed by atoms with Gasteiger partial charge in [-0.25, -0.2) is 10.8 Å². The molecule has 1 aliphatic heterocycles. The Morgan fingerprint density at radius 3 is 2.71 bits per heavy atom. The molecule has 4 atom stereocenters. The largest absolute Gasteiger partial charge is 0.394 e. The van der Waals surface area contributed by atoms with Gasteiger partial charge in [0, 0.05) is 0 Å². The van der Waals surface area contributed by atoms with Gasteiger partial charge in [-0.2, -0.15) is 9.97 Å². The Morgan fingerprint density at radius 1 is 1.33 bits per heavy atom. The number of nitrogen functional groups attached to an aromatic ring is 2.